The van der Waals surface area contributed by atoms with E-state index in [-0.39, 0.29) is 0 Å². The molecule has 1 aliphatic carbocycles. The molecule has 4 heteroatoms. The largest absolute Gasteiger partial charge is 0.493 e. The summed E-state index contributed by atoms with van der Waals surface area (Å²) in [5.41, 5.74) is 4.39. The van der Waals surface area contributed by atoms with Crippen LogP contribution >= 0.6 is 0 Å². The zero-order valence-electron chi connectivity index (χ0n) is 14.1. The van der Waals surface area contributed by atoms with Crippen LogP contribution in [0.5, 0.6) is 11.5 Å². The first-order chi connectivity index (χ1) is 10.8. The first-order valence-electron chi connectivity index (χ1n) is 8.51. The second-order valence-electron chi connectivity index (χ2n) is 6.21. The smallest absolute Gasteiger partial charge is 0.164 e. The van der Waals surface area contributed by atoms with Crippen molar-refractivity contribution in [3.8, 4) is 11.5 Å². The molecule has 3 rings (SSSR count). The number of ether oxygens (including phenoxy) is 2. The third-order valence-corrected chi connectivity index (χ3v) is 5.06. The molecule has 0 spiro atoms. The van der Waals surface area contributed by atoms with Gasteiger partial charge in [-0.1, -0.05) is 6.92 Å². The Kier molecular flexibility index (Phi) is 4.89. The van der Waals surface area contributed by atoms with Crippen LogP contribution in [0.1, 0.15) is 42.5 Å². The molecule has 0 aromatic heterocycles. The molecule has 1 N–H and O–H groups in total. The van der Waals surface area contributed by atoms with Crippen LogP contribution < -0.4 is 14.8 Å². The molecule has 0 radical (unpaired) electrons. The van der Waals surface area contributed by atoms with E-state index < -0.39 is 0 Å². The topological polar surface area (TPSA) is 33.7 Å². The van der Waals surface area contributed by atoms with Crippen LogP contribution in [-0.2, 0) is 12.8 Å². The summed E-state index contributed by atoms with van der Waals surface area (Å²) in [6, 6.07) is 2.78. The van der Waals surface area contributed by atoms with E-state index in [1.807, 2.05) is 0 Å². The minimum atomic E-state index is 0.584. The highest BCUT2D eigenvalue weighted by molar-refractivity contribution is 5.58. The molecule has 4 nitrogen and oxygen atoms in total. The number of hydrogen-bond acceptors (Lipinski definition) is 4. The van der Waals surface area contributed by atoms with Crippen LogP contribution in [0.15, 0.2) is 6.07 Å². The van der Waals surface area contributed by atoms with E-state index in [9.17, 15) is 0 Å². The lowest BCUT2D eigenvalue weighted by atomic mass is 9.92. The maximum atomic E-state index is 5.65. The van der Waals surface area contributed by atoms with Crippen LogP contribution in [0, 0.1) is 0 Å². The predicted octanol–water partition coefficient (Wildman–Crippen LogP) is 2.55. The van der Waals surface area contributed by atoms with Crippen molar-refractivity contribution in [1.82, 2.24) is 10.2 Å². The molecule has 1 aliphatic heterocycles. The Morgan fingerprint density at radius 3 is 2.86 bits per heavy atom. The average molecular weight is 304 g/mol. The highest BCUT2D eigenvalue weighted by Gasteiger charge is 2.36. The number of benzene rings is 1. The molecule has 1 unspecified atom stereocenters. The van der Waals surface area contributed by atoms with Crippen LogP contribution in [0.25, 0.3) is 0 Å². The molecule has 1 heterocycles. The Labute approximate surface area is 133 Å². The van der Waals surface area contributed by atoms with Gasteiger partial charge in [0.05, 0.1) is 14.2 Å². The van der Waals surface area contributed by atoms with Crippen molar-refractivity contribution in [2.24, 2.45) is 0 Å². The molecule has 122 valence electrons. The lowest BCUT2D eigenvalue weighted by Gasteiger charge is -2.35. The van der Waals surface area contributed by atoms with Crippen LogP contribution in [0.2, 0.25) is 0 Å². The number of hydrogen-bond donors (Lipinski definition) is 1. The lowest BCUT2D eigenvalue weighted by molar-refractivity contribution is 0.183. The van der Waals surface area contributed by atoms with Crippen molar-refractivity contribution in [3.05, 3.63) is 22.8 Å². The lowest BCUT2D eigenvalue weighted by Crippen LogP contribution is -2.36. The second kappa shape index (κ2) is 6.88. The fraction of sp³-hybridized carbons (Fsp3) is 0.667. The molecule has 1 aromatic rings. The van der Waals surface area contributed by atoms with Gasteiger partial charge in [0.15, 0.2) is 11.5 Å². The molecule has 0 saturated carbocycles. The Bertz CT molecular complexity index is 530. The van der Waals surface area contributed by atoms with Gasteiger partial charge in [-0.05, 0) is 62.5 Å². The van der Waals surface area contributed by atoms with E-state index in [2.05, 4.69) is 23.2 Å². The predicted molar refractivity (Wildman–Crippen MR) is 89.0 cm³/mol. The molecule has 0 fully saturated rings. The Balaban J connectivity index is 1.81. The van der Waals surface area contributed by atoms with E-state index in [1.165, 1.54) is 42.6 Å². The fourth-order valence-corrected chi connectivity index (χ4v) is 4.07. The molecule has 2 aliphatic rings. The van der Waals surface area contributed by atoms with Gasteiger partial charge < -0.3 is 14.8 Å². The number of methoxy groups -OCH3 is 2. The van der Waals surface area contributed by atoms with Gasteiger partial charge in [-0.3, -0.25) is 4.90 Å². The summed E-state index contributed by atoms with van der Waals surface area (Å²) in [6.45, 7) is 6.70. The van der Waals surface area contributed by atoms with Crippen molar-refractivity contribution in [1.29, 1.82) is 0 Å². The van der Waals surface area contributed by atoms with E-state index in [0.29, 0.717) is 6.04 Å². The van der Waals surface area contributed by atoms with Crippen LogP contribution in [-0.4, -0.2) is 45.3 Å². The van der Waals surface area contributed by atoms with Crippen molar-refractivity contribution in [3.63, 3.8) is 0 Å². The third kappa shape index (κ3) is 2.70. The maximum absolute atomic E-state index is 5.65. The second-order valence-corrected chi connectivity index (χ2v) is 6.21. The maximum Gasteiger partial charge on any atom is 0.164 e. The first kappa shape index (κ1) is 15.6. The van der Waals surface area contributed by atoms with Gasteiger partial charge in [0.25, 0.3) is 0 Å². The number of rotatable bonds is 7. The van der Waals surface area contributed by atoms with E-state index in [4.69, 9.17) is 9.47 Å². The third-order valence-electron chi connectivity index (χ3n) is 5.06. The van der Waals surface area contributed by atoms with Crippen LogP contribution in [0.3, 0.4) is 0 Å². The summed E-state index contributed by atoms with van der Waals surface area (Å²) in [7, 11) is 3.49. The Morgan fingerprint density at radius 2 is 2.14 bits per heavy atom. The first-order valence-corrected chi connectivity index (χ1v) is 8.51. The van der Waals surface area contributed by atoms with E-state index in [1.54, 1.807) is 14.2 Å². The Morgan fingerprint density at radius 1 is 1.27 bits per heavy atom. The Hall–Kier alpha value is -1.26. The zero-order chi connectivity index (χ0) is 15.5. The van der Waals surface area contributed by atoms with Crippen molar-refractivity contribution >= 4 is 0 Å². The minimum Gasteiger partial charge on any atom is -0.493 e. The summed E-state index contributed by atoms with van der Waals surface area (Å²) in [5, 5.41) is 3.42. The number of nitrogens with one attached hydrogen (secondary N) is 1. The van der Waals surface area contributed by atoms with Crippen LogP contribution in [0.4, 0.5) is 0 Å². The molecule has 1 aromatic carbocycles. The average Bonchev–Trinajstić information content (AvgIpc) is 2.99. The quantitative estimate of drug-likeness (QED) is 0.785. The van der Waals surface area contributed by atoms with E-state index in [0.717, 1.165) is 37.4 Å². The molecule has 22 heavy (non-hydrogen) atoms. The van der Waals surface area contributed by atoms with Gasteiger partial charge >= 0.3 is 0 Å². The van der Waals surface area contributed by atoms with Gasteiger partial charge in [-0.15, -0.1) is 0 Å². The van der Waals surface area contributed by atoms with Crippen molar-refractivity contribution < 1.29 is 9.47 Å². The molecule has 0 amide bonds. The van der Waals surface area contributed by atoms with Gasteiger partial charge in [0, 0.05) is 18.2 Å². The SMILES string of the molecule is CCNCCCN1CCc2cc(OC)c(OC)c3c2C1CC3. The summed E-state index contributed by atoms with van der Waals surface area (Å²) in [6.07, 6.45) is 4.67. The summed E-state index contributed by atoms with van der Waals surface area (Å²) in [5.74, 6) is 1.86. The summed E-state index contributed by atoms with van der Waals surface area (Å²) >= 11 is 0. The molecular formula is C18H28N2O2. The van der Waals surface area contributed by atoms with Gasteiger partial charge in [-0.25, -0.2) is 0 Å². The monoisotopic (exact) mass is 304 g/mol. The molecular weight excluding hydrogens is 276 g/mol. The van der Waals surface area contributed by atoms with Crippen molar-refractivity contribution in [2.75, 3.05) is 40.4 Å². The summed E-state index contributed by atoms with van der Waals surface area (Å²) < 4.78 is 11.2. The van der Waals surface area contributed by atoms with Gasteiger partial charge in [0.2, 0.25) is 0 Å². The van der Waals surface area contributed by atoms with E-state index >= 15 is 0 Å². The minimum absolute atomic E-state index is 0.584. The van der Waals surface area contributed by atoms with Crippen molar-refractivity contribution in [2.45, 2.75) is 38.6 Å². The molecule has 0 bridgehead atoms. The highest BCUT2D eigenvalue weighted by atomic mass is 16.5. The highest BCUT2D eigenvalue weighted by Crippen LogP contribution is 2.48. The fourth-order valence-electron chi connectivity index (χ4n) is 4.07. The standard InChI is InChI=1S/C18H28N2O2/c1-4-19-9-5-10-20-11-8-13-12-16(21-2)18(22-3)14-6-7-15(20)17(13)14/h12,15,19H,4-11H2,1-3H3. The summed E-state index contributed by atoms with van der Waals surface area (Å²) in [4.78, 5) is 2.67. The normalized spacial score (nSPS) is 20.0. The van der Waals surface area contributed by atoms with Gasteiger partial charge in [-0.2, -0.15) is 0 Å². The zero-order valence-corrected chi connectivity index (χ0v) is 14.1. The van der Waals surface area contributed by atoms with Gasteiger partial charge in [0.1, 0.15) is 0 Å². The number of nitrogens with zero attached hydrogens (tertiary/aromatic N) is 1. The molecule has 0 saturated heterocycles. The molecule has 1 atom stereocenters.